The highest BCUT2D eigenvalue weighted by Crippen LogP contribution is 2.38. The molecule has 0 unspecified atom stereocenters. The third-order valence-corrected chi connectivity index (χ3v) is 2.76. The van der Waals surface area contributed by atoms with Gasteiger partial charge < -0.3 is 10.1 Å². The summed E-state index contributed by atoms with van der Waals surface area (Å²) in [7, 11) is 0. The largest absolute Gasteiger partial charge is 0.441 e. The Labute approximate surface area is 77.6 Å². The summed E-state index contributed by atoms with van der Waals surface area (Å²) >= 11 is 0. The standard InChI is InChI=1S/C9H15NO3/c1-4-9(5-2)7(12)10-8(9)13-6(3)11/h8H,4-5H2,1-3H3,(H,10,12)/t8-/m0/s1. The van der Waals surface area contributed by atoms with Crippen molar-refractivity contribution >= 4 is 11.9 Å². The molecule has 0 saturated carbocycles. The molecule has 4 heteroatoms. The maximum absolute atomic E-state index is 11.3. The maximum Gasteiger partial charge on any atom is 0.304 e. The number of carbonyl (C=O) groups excluding carboxylic acids is 2. The molecule has 0 aromatic carbocycles. The van der Waals surface area contributed by atoms with E-state index in [1.165, 1.54) is 6.92 Å². The lowest BCUT2D eigenvalue weighted by Crippen LogP contribution is -2.68. The third-order valence-electron chi connectivity index (χ3n) is 2.76. The molecule has 1 N–H and O–H groups in total. The predicted molar refractivity (Wildman–Crippen MR) is 46.7 cm³/mol. The summed E-state index contributed by atoms with van der Waals surface area (Å²) in [5, 5.41) is 2.58. The molecule has 0 spiro atoms. The topological polar surface area (TPSA) is 55.4 Å². The SMILES string of the molecule is CCC1(CC)C(=O)N[C@H]1OC(C)=O. The predicted octanol–water partition coefficient (Wildman–Crippen LogP) is 0.812. The Balaban J connectivity index is 2.69. The first-order valence-corrected chi connectivity index (χ1v) is 4.55. The fraction of sp³-hybridized carbons (Fsp3) is 0.778. The fourth-order valence-corrected chi connectivity index (χ4v) is 1.69. The van der Waals surface area contributed by atoms with Crippen molar-refractivity contribution in [2.75, 3.05) is 0 Å². The van der Waals surface area contributed by atoms with Gasteiger partial charge in [0.25, 0.3) is 0 Å². The van der Waals surface area contributed by atoms with Crippen molar-refractivity contribution in [3.05, 3.63) is 0 Å². The van der Waals surface area contributed by atoms with E-state index in [0.29, 0.717) is 12.8 Å². The normalized spacial score (nSPS) is 24.5. The van der Waals surface area contributed by atoms with Crippen LogP contribution in [0.4, 0.5) is 0 Å². The van der Waals surface area contributed by atoms with Crippen molar-refractivity contribution in [3.8, 4) is 0 Å². The van der Waals surface area contributed by atoms with Crippen LogP contribution in [0.25, 0.3) is 0 Å². The monoisotopic (exact) mass is 185 g/mol. The van der Waals surface area contributed by atoms with Crippen molar-refractivity contribution < 1.29 is 14.3 Å². The van der Waals surface area contributed by atoms with Gasteiger partial charge in [0.05, 0.1) is 0 Å². The molecule has 1 aliphatic heterocycles. The number of nitrogens with one attached hydrogen (secondary N) is 1. The second-order valence-electron chi connectivity index (χ2n) is 3.33. The van der Waals surface area contributed by atoms with Gasteiger partial charge in [-0.25, -0.2) is 0 Å². The van der Waals surface area contributed by atoms with Crippen LogP contribution in [0.3, 0.4) is 0 Å². The van der Waals surface area contributed by atoms with Gasteiger partial charge in [0, 0.05) is 6.92 Å². The Morgan fingerprint density at radius 1 is 1.54 bits per heavy atom. The second kappa shape index (κ2) is 3.36. The van der Waals surface area contributed by atoms with E-state index >= 15 is 0 Å². The summed E-state index contributed by atoms with van der Waals surface area (Å²) in [6.45, 7) is 5.21. The minimum Gasteiger partial charge on any atom is -0.441 e. The van der Waals surface area contributed by atoms with Crippen LogP contribution in [0.5, 0.6) is 0 Å². The van der Waals surface area contributed by atoms with E-state index in [1.807, 2.05) is 13.8 Å². The lowest BCUT2D eigenvalue weighted by molar-refractivity contribution is -0.183. The maximum atomic E-state index is 11.3. The van der Waals surface area contributed by atoms with Crippen molar-refractivity contribution in [1.82, 2.24) is 5.32 Å². The summed E-state index contributed by atoms with van der Waals surface area (Å²) in [5.74, 6) is -0.361. The quantitative estimate of drug-likeness (QED) is 0.523. The summed E-state index contributed by atoms with van der Waals surface area (Å²) in [6, 6.07) is 0. The number of esters is 1. The van der Waals surface area contributed by atoms with Crippen LogP contribution in [-0.4, -0.2) is 18.1 Å². The Morgan fingerprint density at radius 3 is 2.38 bits per heavy atom. The minimum atomic E-state index is -0.480. The zero-order valence-electron chi connectivity index (χ0n) is 8.22. The van der Waals surface area contributed by atoms with Gasteiger partial charge >= 0.3 is 5.97 Å². The van der Waals surface area contributed by atoms with E-state index in [-0.39, 0.29) is 11.9 Å². The van der Waals surface area contributed by atoms with Crippen LogP contribution in [0.1, 0.15) is 33.6 Å². The van der Waals surface area contributed by atoms with E-state index in [9.17, 15) is 9.59 Å². The molecule has 1 aliphatic rings. The number of hydrogen-bond donors (Lipinski definition) is 1. The van der Waals surface area contributed by atoms with Crippen molar-refractivity contribution in [1.29, 1.82) is 0 Å². The molecule has 13 heavy (non-hydrogen) atoms. The number of rotatable bonds is 3. The first-order chi connectivity index (χ1) is 6.06. The number of β-lactam (4-membered cyclic amide) rings is 1. The summed E-state index contributed by atoms with van der Waals surface area (Å²) < 4.78 is 4.98. The number of carbonyl (C=O) groups is 2. The summed E-state index contributed by atoms with van der Waals surface area (Å²) in [6.07, 6.45) is 0.980. The minimum absolute atomic E-state index is 0.0104. The van der Waals surface area contributed by atoms with E-state index in [0.717, 1.165) is 0 Å². The molecule has 0 aliphatic carbocycles. The van der Waals surface area contributed by atoms with E-state index in [4.69, 9.17) is 4.74 Å². The molecule has 0 radical (unpaired) electrons. The summed E-state index contributed by atoms with van der Waals surface area (Å²) in [5.41, 5.74) is -0.480. The molecule has 1 atom stereocenters. The molecule has 0 aromatic heterocycles. The Hall–Kier alpha value is -1.06. The van der Waals surface area contributed by atoms with Gasteiger partial charge in [-0.15, -0.1) is 0 Å². The highest BCUT2D eigenvalue weighted by Gasteiger charge is 2.54. The van der Waals surface area contributed by atoms with E-state index < -0.39 is 11.6 Å². The van der Waals surface area contributed by atoms with Crippen molar-refractivity contribution in [2.45, 2.75) is 39.8 Å². The molecule has 0 bridgehead atoms. The molecule has 1 amide bonds. The van der Waals surface area contributed by atoms with Gasteiger partial charge in [0.15, 0.2) is 6.23 Å². The van der Waals surface area contributed by atoms with Crippen LogP contribution in [0.2, 0.25) is 0 Å². The molecular formula is C9H15NO3. The highest BCUT2D eigenvalue weighted by atomic mass is 16.6. The fourth-order valence-electron chi connectivity index (χ4n) is 1.69. The highest BCUT2D eigenvalue weighted by molar-refractivity contribution is 5.90. The Bertz CT molecular complexity index is 233. The molecule has 0 aromatic rings. The molecule has 74 valence electrons. The first kappa shape index (κ1) is 10.0. The van der Waals surface area contributed by atoms with Gasteiger partial charge in [0.1, 0.15) is 5.41 Å². The number of ether oxygens (including phenoxy) is 1. The lowest BCUT2D eigenvalue weighted by atomic mass is 9.73. The molecule has 4 nitrogen and oxygen atoms in total. The molecular weight excluding hydrogens is 170 g/mol. The van der Waals surface area contributed by atoms with E-state index in [2.05, 4.69) is 5.32 Å². The molecule has 1 saturated heterocycles. The van der Waals surface area contributed by atoms with Crippen LogP contribution in [-0.2, 0) is 14.3 Å². The smallest absolute Gasteiger partial charge is 0.304 e. The summed E-state index contributed by atoms with van der Waals surface area (Å²) in [4.78, 5) is 22.0. The Morgan fingerprint density at radius 2 is 2.08 bits per heavy atom. The van der Waals surface area contributed by atoms with Gasteiger partial charge in [0.2, 0.25) is 5.91 Å². The lowest BCUT2D eigenvalue weighted by Gasteiger charge is -2.46. The zero-order valence-corrected chi connectivity index (χ0v) is 8.22. The molecule has 1 fully saturated rings. The first-order valence-electron chi connectivity index (χ1n) is 4.55. The van der Waals surface area contributed by atoms with Gasteiger partial charge in [-0.1, -0.05) is 13.8 Å². The van der Waals surface area contributed by atoms with Crippen LogP contribution >= 0.6 is 0 Å². The molecule has 1 heterocycles. The molecule has 1 rings (SSSR count). The van der Waals surface area contributed by atoms with Crippen LogP contribution in [0.15, 0.2) is 0 Å². The van der Waals surface area contributed by atoms with Crippen LogP contribution < -0.4 is 5.32 Å². The third kappa shape index (κ3) is 1.41. The van der Waals surface area contributed by atoms with E-state index in [1.54, 1.807) is 0 Å². The number of hydrogen-bond acceptors (Lipinski definition) is 3. The van der Waals surface area contributed by atoms with Crippen LogP contribution in [0, 0.1) is 5.41 Å². The van der Waals surface area contributed by atoms with Gasteiger partial charge in [-0.3, -0.25) is 9.59 Å². The zero-order chi connectivity index (χ0) is 10.1. The van der Waals surface area contributed by atoms with Gasteiger partial charge in [-0.2, -0.15) is 0 Å². The van der Waals surface area contributed by atoms with Gasteiger partial charge in [-0.05, 0) is 12.8 Å². The average Bonchev–Trinajstić information content (AvgIpc) is 2.05. The number of amides is 1. The van der Waals surface area contributed by atoms with Crippen molar-refractivity contribution in [2.24, 2.45) is 5.41 Å². The Kier molecular flexibility index (Phi) is 2.59. The second-order valence-corrected chi connectivity index (χ2v) is 3.33. The van der Waals surface area contributed by atoms with Crippen molar-refractivity contribution in [3.63, 3.8) is 0 Å². The average molecular weight is 185 g/mol.